The van der Waals surface area contributed by atoms with Crippen LogP contribution in [0.3, 0.4) is 0 Å². The smallest absolute Gasteiger partial charge is 0.251 e. The van der Waals surface area contributed by atoms with Gasteiger partial charge < -0.3 is 14.2 Å². The van der Waals surface area contributed by atoms with Gasteiger partial charge in [0.05, 0.1) is 32.6 Å². The van der Waals surface area contributed by atoms with Crippen LogP contribution in [0.15, 0.2) is 29.4 Å². The minimum absolute atomic E-state index is 0.0618. The van der Waals surface area contributed by atoms with Crippen LogP contribution in [0, 0.1) is 17.5 Å². The van der Waals surface area contributed by atoms with Crippen molar-refractivity contribution in [1.82, 2.24) is 0 Å². The molecule has 0 aliphatic heterocycles. The highest BCUT2D eigenvalue weighted by atomic mass is 32.2. The van der Waals surface area contributed by atoms with Crippen molar-refractivity contribution in [2.75, 3.05) is 21.3 Å². The van der Waals surface area contributed by atoms with Crippen LogP contribution in [-0.4, -0.2) is 29.7 Å². The molecule has 2 aromatic rings. The van der Waals surface area contributed by atoms with Crippen LogP contribution in [0.4, 0.5) is 22.0 Å². The third kappa shape index (κ3) is 4.44. The summed E-state index contributed by atoms with van der Waals surface area (Å²) in [5.74, 6) is -8.74. The summed E-state index contributed by atoms with van der Waals surface area (Å²) in [7, 11) is -1.13. The van der Waals surface area contributed by atoms with Crippen molar-refractivity contribution in [3.63, 3.8) is 0 Å². The lowest BCUT2D eigenvalue weighted by atomic mass is 10.2. The van der Waals surface area contributed by atoms with Gasteiger partial charge in [0.1, 0.15) is 0 Å². The fourth-order valence-electron chi connectivity index (χ4n) is 2.44. The standard InChI is InChI=1S/C18H15F5O5S/c1-26-12-6-9(7-13(27-2)17(12)28-3)8-29(24,25)18(23)15(21)10-4-5-11(19)16(22)14(10)20/h4-7H,8H2,1-3H3. The minimum atomic E-state index is -4.97. The third-order valence-electron chi connectivity index (χ3n) is 3.80. The number of halogens is 5. The van der Waals surface area contributed by atoms with Crippen LogP contribution in [-0.2, 0) is 15.6 Å². The van der Waals surface area contributed by atoms with Gasteiger partial charge in [-0.05, 0) is 29.8 Å². The van der Waals surface area contributed by atoms with Crippen molar-refractivity contribution in [3.8, 4) is 17.2 Å². The number of hydrogen-bond acceptors (Lipinski definition) is 5. The fraction of sp³-hybridized carbons (Fsp3) is 0.222. The van der Waals surface area contributed by atoms with Gasteiger partial charge in [0.2, 0.25) is 15.6 Å². The highest BCUT2D eigenvalue weighted by molar-refractivity contribution is 7.94. The second-order valence-electron chi connectivity index (χ2n) is 5.60. The summed E-state index contributed by atoms with van der Waals surface area (Å²) < 4.78 is 108. The first-order valence-corrected chi connectivity index (χ1v) is 9.43. The normalized spacial score (nSPS) is 12.4. The van der Waals surface area contributed by atoms with Gasteiger partial charge in [0.25, 0.3) is 5.16 Å². The van der Waals surface area contributed by atoms with Crippen LogP contribution in [0.25, 0.3) is 5.83 Å². The Balaban J connectivity index is 2.51. The second-order valence-corrected chi connectivity index (χ2v) is 7.48. The summed E-state index contributed by atoms with van der Waals surface area (Å²) in [6.07, 6.45) is 0. The van der Waals surface area contributed by atoms with E-state index in [9.17, 15) is 30.4 Å². The largest absolute Gasteiger partial charge is 0.493 e. The van der Waals surface area contributed by atoms with E-state index in [0.717, 1.165) is 0 Å². The number of rotatable bonds is 7. The van der Waals surface area contributed by atoms with E-state index in [-0.39, 0.29) is 22.8 Å². The van der Waals surface area contributed by atoms with Gasteiger partial charge in [0.15, 0.2) is 34.8 Å². The molecule has 0 fully saturated rings. The van der Waals surface area contributed by atoms with Crippen LogP contribution in [0.1, 0.15) is 11.1 Å². The predicted molar refractivity (Wildman–Crippen MR) is 94.2 cm³/mol. The molecule has 0 aliphatic carbocycles. The van der Waals surface area contributed by atoms with Gasteiger partial charge >= 0.3 is 0 Å². The van der Waals surface area contributed by atoms with E-state index in [1.807, 2.05) is 0 Å². The Morgan fingerprint density at radius 1 is 0.897 bits per heavy atom. The maximum atomic E-state index is 14.3. The lowest BCUT2D eigenvalue weighted by molar-refractivity contribution is 0.324. The molecule has 0 N–H and O–H groups in total. The Labute approximate surface area is 163 Å². The SMILES string of the molecule is COc1cc(CS(=O)(=O)C(F)=C(F)c2ccc(F)c(F)c2F)cc(OC)c1OC. The molecule has 0 aromatic heterocycles. The van der Waals surface area contributed by atoms with E-state index in [2.05, 4.69) is 0 Å². The van der Waals surface area contributed by atoms with E-state index in [1.165, 1.54) is 33.5 Å². The zero-order valence-electron chi connectivity index (χ0n) is 15.4. The maximum absolute atomic E-state index is 14.3. The number of ether oxygens (including phenoxy) is 3. The topological polar surface area (TPSA) is 61.8 Å². The van der Waals surface area contributed by atoms with Gasteiger partial charge in [-0.25, -0.2) is 26.0 Å². The fourth-order valence-corrected chi connectivity index (χ4v) is 3.55. The van der Waals surface area contributed by atoms with E-state index in [4.69, 9.17) is 14.2 Å². The van der Waals surface area contributed by atoms with E-state index in [1.54, 1.807) is 0 Å². The molecule has 0 unspecified atom stereocenters. The summed E-state index contributed by atoms with van der Waals surface area (Å²) in [5, 5.41) is -2.34. The zero-order valence-corrected chi connectivity index (χ0v) is 16.2. The van der Waals surface area contributed by atoms with Crippen molar-refractivity contribution < 1.29 is 44.6 Å². The van der Waals surface area contributed by atoms with Crippen molar-refractivity contribution in [1.29, 1.82) is 0 Å². The first-order chi connectivity index (χ1) is 13.6. The molecular weight excluding hydrogens is 423 g/mol. The molecule has 0 saturated heterocycles. The number of hydrogen-bond donors (Lipinski definition) is 0. The average Bonchev–Trinajstić information content (AvgIpc) is 2.69. The molecule has 0 saturated carbocycles. The van der Waals surface area contributed by atoms with Crippen LogP contribution in [0.2, 0.25) is 0 Å². The van der Waals surface area contributed by atoms with Crippen molar-refractivity contribution in [2.24, 2.45) is 0 Å². The Hall–Kier alpha value is -2.82. The Kier molecular flexibility index (Phi) is 6.73. The van der Waals surface area contributed by atoms with Crippen molar-refractivity contribution in [3.05, 3.63) is 58.0 Å². The molecule has 0 bridgehead atoms. The van der Waals surface area contributed by atoms with E-state index in [0.29, 0.717) is 12.1 Å². The van der Waals surface area contributed by atoms with Crippen LogP contribution < -0.4 is 14.2 Å². The summed E-state index contributed by atoms with van der Waals surface area (Å²) in [6, 6.07) is 3.12. The number of sulfone groups is 1. The molecule has 2 aromatic carbocycles. The Bertz CT molecular complexity index is 1040. The molecule has 0 heterocycles. The van der Waals surface area contributed by atoms with E-state index >= 15 is 0 Å². The number of benzene rings is 2. The summed E-state index contributed by atoms with van der Waals surface area (Å²) in [5.41, 5.74) is -1.43. The highest BCUT2D eigenvalue weighted by Gasteiger charge is 2.28. The van der Waals surface area contributed by atoms with Gasteiger partial charge in [-0.15, -0.1) is 0 Å². The summed E-state index contributed by atoms with van der Waals surface area (Å²) in [6.45, 7) is 0. The lowest BCUT2D eigenvalue weighted by Gasteiger charge is -2.14. The molecule has 0 spiro atoms. The molecular formula is C18H15F5O5S. The van der Waals surface area contributed by atoms with E-state index < -0.39 is 49.6 Å². The number of methoxy groups -OCH3 is 3. The summed E-state index contributed by atoms with van der Waals surface area (Å²) >= 11 is 0. The minimum Gasteiger partial charge on any atom is -0.493 e. The quantitative estimate of drug-likeness (QED) is 0.476. The van der Waals surface area contributed by atoms with Gasteiger partial charge in [0, 0.05) is 0 Å². The van der Waals surface area contributed by atoms with Crippen molar-refractivity contribution in [2.45, 2.75) is 5.75 Å². The molecule has 11 heteroatoms. The third-order valence-corrected chi connectivity index (χ3v) is 5.24. The molecule has 158 valence electrons. The summed E-state index contributed by atoms with van der Waals surface area (Å²) in [4.78, 5) is 0. The first kappa shape index (κ1) is 22.5. The van der Waals surface area contributed by atoms with Gasteiger partial charge in [-0.2, -0.15) is 4.39 Å². The molecule has 29 heavy (non-hydrogen) atoms. The lowest BCUT2D eigenvalue weighted by Crippen LogP contribution is -2.08. The molecule has 5 nitrogen and oxygen atoms in total. The molecule has 2 rings (SSSR count). The Morgan fingerprint density at radius 2 is 1.45 bits per heavy atom. The monoisotopic (exact) mass is 438 g/mol. The average molecular weight is 438 g/mol. The van der Waals surface area contributed by atoms with Crippen LogP contribution >= 0.6 is 0 Å². The van der Waals surface area contributed by atoms with Gasteiger partial charge in [-0.3, -0.25) is 0 Å². The molecule has 0 atom stereocenters. The molecule has 0 aliphatic rings. The first-order valence-electron chi connectivity index (χ1n) is 7.78. The molecule has 0 amide bonds. The highest BCUT2D eigenvalue weighted by Crippen LogP contribution is 2.39. The second kappa shape index (κ2) is 8.68. The maximum Gasteiger partial charge on any atom is 0.251 e. The zero-order chi connectivity index (χ0) is 21.9. The van der Waals surface area contributed by atoms with Gasteiger partial charge in [-0.1, -0.05) is 0 Å². The van der Waals surface area contributed by atoms with Crippen molar-refractivity contribution >= 4 is 15.7 Å². The predicted octanol–water partition coefficient (Wildman–Crippen LogP) is 4.31. The van der Waals surface area contributed by atoms with Crippen LogP contribution in [0.5, 0.6) is 17.2 Å². The Morgan fingerprint density at radius 3 is 1.93 bits per heavy atom. The molecule has 0 radical (unpaired) electrons.